The van der Waals surface area contributed by atoms with Crippen molar-refractivity contribution in [3.63, 3.8) is 0 Å². The van der Waals surface area contributed by atoms with Crippen LogP contribution in [-0.4, -0.2) is 23.0 Å². The molecule has 0 saturated heterocycles. The molecule has 0 aliphatic carbocycles. The maximum Gasteiger partial charge on any atom is 0.222 e. The molecule has 0 unspecified atom stereocenters. The lowest BCUT2D eigenvalue weighted by molar-refractivity contribution is -0.125. The molecule has 0 aliphatic heterocycles. The Morgan fingerprint density at radius 1 is 1.00 bits per heavy atom. The molecule has 102 valence electrons. The molecule has 0 heterocycles. The third kappa shape index (κ3) is 7.37. The first-order chi connectivity index (χ1) is 7.45. The lowest BCUT2D eigenvalue weighted by Gasteiger charge is -2.38. The minimum Gasteiger partial charge on any atom is -0.351 e. The van der Waals surface area contributed by atoms with E-state index in [1.165, 1.54) is 0 Å². The maximum atomic E-state index is 11.7. The molecule has 0 aliphatic rings. The van der Waals surface area contributed by atoms with Crippen LogP contribution in [0.3, 0.4) is 0 Å². The Hall–Kier alpha value is -0.570. The fourth-order valence-electron chi connectivity index (χ4n) is 2.46. The molecule has 0 bridgehead atoms. The van der Waals surface area contributed by atoms with Gasteiger partial charge in [0, 0.05) is 23.0 Å². The Balaban J connectivity index is 4.47. The molecule has 0 rings (SSSR count). The normalized spacial score (nSPS) is 13.3. The van der Waals surface area contributed by atoms with Gasteiger partial charge in [0.15, 0.2) is 0 Å². The molecule has 0 aromatic carbocycles. The van der Waals surface area contributed by atoms with Gasteiger partial charge in [-0.25, -0.2) is 0 Å². The molecular formula is C14H30N2O. The van der Waals surface area contributed by atoms with Crippen molar-refractivity contribution in [2.75, 3.05) is 0 Å². The highest BCUT2D eigenvalue weighted by Gasteiger charge is 2.30. The van der Waals surface area contributed by atoms with E-state index < -0.39 is 0 Å². The molecular weight excluding hydrogens is 212 g/mol. The summed E-state index contributed by atoms with van der Waals surface area (Å²) in [6, 6.07) is 0.446. The molecule has 0 aromatic heterocycles. The second kappa shape index (κ2) is 5.85. The van der Waals surface area contributed by atoms with Crippen LogP contribution in [-0.2, 0) is 4.79 Å². The Morgan fingerprint density at radius 3 is 1.82 bits per heavy atom. The Labute approximate surface area is 107 Å². The highest BCUT2D eigenvalue weighted by atomic mass is 16.2. The number of carbonyl (C=O) groups excluding carboxylic acids is 1. The number of hydrogen-bond donors (Lipinski definition) is 2. The average Bonchev–Trinajstić information content (AvgIpc) is 1.96. The van der Waals surface area contributed by atoms with Crippen LogP contribution < -0.4 is 10.6 Å². The SMILES string of the molecule is CC(C)NC(C)(C)CC(C)(C)NC(=O)C(C)C. The topological polar surface area (TPSA) is 41.1 Å². The smallest absolute Gasteiger partial charge is 0.222 e. The van der Waals surface area contributed by atoms with Crippen molar-refractivity contribution in [2.24, 2.45) is 5.92 Å². The minimum absolute atomic E-state index is 0.0158. The van der Waals surface area contributed by atoms with E-state index in [1.807, 2.05) is 13.8 Å². The van der Waals surface area contributed by atoms with Crippen LogP contribution in [0.25, 0.3) is 0 Å². The zero-order valence-corrected chi connectivity index (χ0v) is 12.8. The maximum absolute atomic E-state index is 11.7. The number of carbonyl (C=O) groups is 1. The molecule has 17 heavy (non-hydrogen) atoms. The highest BCUT2D eigenvalue weighted by Crippen LogP contribution is 2.20. The first-order valence-corrected chi connectivity index (χ1v) is 6.55. The van der Waals surface area contributed by atoms with Crippen molar-refractivity contribution in [1.29, 1.82) is 0 Å². The van der Waals surface area contributed by atoms with Gasteiger partial charge in [-0.1, -0.05) is 27.7 Å². The van der Waals surface area contributed by atoms with Gasteiger partial charge in [-0.05, 0) is 34.1 Å². The standard InChI is InChI=1S/C14H30N2O/c1-10(2)12(17)16-14(7,8)9-13(5,6)15-11(3)4/h10-11,15H,9H2,1-8H3,(H,16,17). The third-order valence-electron chi connectivity index (χ3n) is 2.55. The summed E-state index contributed by atoms with van der Waals surface area (Å²) in [5, 5.41) is 6.63. The minimum atomic E-state index is -0.188. The van der Waals surface area contributed by atoms with Gasteiger partial charge in [0.2, 0.25) is 5.91 Å². The van der Waals surface area contributed by atoms with E-state index in [2.05, 4.69) is 52.2 Å². The second-order valence-corrected chi connectivity index (χ2v) is 6.89. The van der Waals surface area contributed by atoms with Gasteiger partial charge in [-0.15, -0.1) is 0 Å². The summed E-state index contributed by atoms with van der Waals surface area (Å²) >= 11 is 0. The largest absolute Gasteiger partial charge is 0.351 e. The Kier molecular flexibility index (Phi) is 5.66. The van der Waals surface area contributed by atoms with Crippen molar-refractivity contribution in [1.82, 2.24) is 10.6 Å². The summed E-state index contributed by atoms with van der Waals surface area (Å²) in [4.78, 5) is 11.7. The lowest BCUT2D eigenvalue weighted by Crippen LogP contribution is -2.54. The van der Waals surface area contributed by atoms with Crippen molar-refractivity contribution in [3.8, 4) is 0 Å². The summed E-state index contributed by atoms with van der Waals surface area (Å²) in [6.45, 7) is 16.6. The van der Waals surface area contributed by atoms with Gasteiger partial charge >= 0.3 is 0 Å². The monoisotopic (exact) mass is 242 g/mol. The van der Waals surface area contributed by atoms with Gasteiger partial charge in [0.25, 0.3) is 0 Å². The van der Waals surface area contributed by atoms with Gasteiger partial charge < -0.3 is 10.6 Å². The van der Waals surface area contributed by atoms with Crippen LogP contribution in [0, 0.1) is 5.92 Å². The molecule has 0 spiro atoms. The van der Waals surface area contributed by atoms with Crippen LogP contribution in [0.15, 0.2) is 0 Å². The fourth-order valence-corrected chi connectivity index (χ4v) is 2.46. The van der Waals surface area contributed by atoms with E-state index in [9.17, 15) is 4.79 Å². The molecule has 2 N–H and O–H groups in total. The molecule has 3 heteroatoms. The molecule has 0 aromatic rings. The van der Waals surface area contributed by atoms with E-state index >= 15 is 0 Å². The quantitative estimate of drug-likeness (QED) is 0.752. The fraction of sp³-hybridized carbons (Fsp3) is 0.929. The van der Waals surface area contributed by atoms with Gasteiger partial charge in [-0.3, -0.25) is 4.79 Å². The molecule has 0 fully saturated rings. The van der Waals surface area contributed by atoms with Crippen LogP contribution >= 0.6 is 0 Å². The Morgan fingerprint density at radius 2 is 1.47 bits per heavy atom. The summed E-state index contributed by atoms with van der Waals surface area (Å²) in [6.07, 6.45) is 0.899. The number of rotatable bonds is 6. The molecule has 3 nitrogen and oxygen atoms in total. The average molecular weight is 242 g/mol. The lowest BCUT2D eigenvalue weighted by atomic mass is 9.86. The first-order valence-electron chi connectivity index (χ1n) is 6.55. The second-order valence-electron chi connectivity index (χ2n) is 6.89. The van der Waals surface area contributed by atoms with E-state index in [-0.39, 0.29) is 22.9 Å². The van der Waals surface area contributed by atoms with Crippen LogP contribution in [0.5, 0.6) is 0 Å². The first kappa shape index (κ1) is 16.4. The summed E-state index contributed by atoms with van der Waals surface area (Å²) in [5.41, 5.74) is -0.172. The highest BCUT2D eigenvalue weighted by molar-refractivity contribution is 5.78. The molecule has 0 saturated carbocycles. The van der Waals surface area contributed by atoms with Crippen molar-refractivity contribution < 1.29 is 4.79 Å². The van der Waals surface area contributed by atoms with Crippen molar-refractivity contribution in [2.45, 2.75) is 78.9 Å². The van der Waals surface area contributed by atoms with E-state index in [0.717, 1.165) is 6.42 Å². The summed E-state index contributed by atoms with van der Waals surface area (Å²) in [5.74, 6) is 0.158. The van der Waals surface area contributed by atoms with Gasteiger partial charge in [0.05, 0.1) is 0 Å². The van der Waals surface area contributed by atoms with E-state index in [1.54, 1.807) is 0 Å². The van der Waals surface area contributed by atoms with Gasteiger partial charge in [-0.2, -0.15) is 0 Å². The number of amides is 1. The Bertz CT molecular complexity index is 255. The number of hydrogen-bond acceptors (Lipinski definition) is 2. The predicted molar refractivity (Wildman–Crippen MR) is 74.0 cm³/mol. The van der Waals surface area contributed by atoms with E-state index in [0.29, 0.717) is 6.04 Å². The zero-order valence-electron chi connectivity index (χ0n) is 12.8. The number of nitrogens with one attached hydrogen (secondary N) is 2. The predicted octanol–water partition coefficient (Wildman–Crippen LogP) is 2.70. The van der Waals surface area contributed by atoms with Crippen LogP contribution in [0.4, 0.5) is 0 Å². The summed E-state index contributed by atoms with van der Waals surface area (Å²) in [7, 11) is 0. The van der Waals surface area contributed by atoms with Crippen LogP contribution in [0.2, 0.25) is 0 Å². The van der Waals surface area contributed by atoms with Crippen LogP contribution in [0.1, 0.15) is 61.8 Å². The molecule has 0 atom stereocenters. The molecule has 1 amide bonds. The zero-order chi connectivity index (χ0) is 13.9. The van der Waals surface area contributed by atoms with E-state index in [4.69, 9.17) is 0 Å². The van der Waals surface area contributed by atoms with Crippen molar-refractivity contribution >= 4 is 5.91 Å². The third-order valence-corrected chi connectivity index (χ3v) is 2.55. The van der Waals surface area contributed by atoms with Crippen molar-refractivity contribution in [3.05, 3.63) is 0 Å². The summed E-state index contributed by atoms with van der Waals surface area (Å²) < 4.78 is 0. The molecule has 0 radical (unpaired) electrons. The van der Waals surface area contributed by atoms with Gasteiger partial charge in [0.1, 0.15) is 0 Å².